The lowest BCUT2D eigenvalue weighted by Gasteiger charge is -2.10. The zero-order valence-electron chi connectivity index (χ0n) is 9.33. The monoisotopic (exact) mass is 232 g/mol. The van der Waals surface area contributed by atoms with Gasteiger partial charge >= 0.3 is 5.97 Å². The number of hydrogen-bond acceptors (Lipinski definition) is 4. The Labute approximate surface area is 98.1 Å². The lowest BCUT2D eigenvalue weighted by molar-refractivity contribution is -0.137. The first-order chi connectivity index (χ1) is 8.16. The molecule has 0 fully saturated rings. The molecular weight excluding hydrogens is 220 g/mol. The number of rotatable bonds is 4. The number of carboxylic acids is 1. The molecule has 0 radical (unpaired) electrons. The van der Waals surface area contributed by atoms with Crippen LogP contribution in [0.4, 0.5) is 0 Å². The van der Waals surface area contributed by atoms with Crippen molar-refractivity contribution in [1.82, 2.24) is 10.2 Å². The van der Waals surface area contributed by atoms with Crippen LogP contribution in [-0.4, -0.2) is 21.3 Å². The lowest BCUT2D eigenvalue weighted by atomic mass is 9.98. The Bertz CT molecular complexity index is 507. The van der Waals surface area contributed by atoms with Crippen LogP contribution in [0.3, 0.4) is 0 Å². The number of hydrogen-bond donors (Lipinski definition) is 1. The molecule has 0 bridgehead atoms. The predicted octanol–water partition coefficient (Wildman–Crippen LogP) is 1.98. The highest BCUT2D eigenvalue weighted by Crippen LogP contribution is 2.27. The van der Waals surface area contributed by atoms with E-state index in [4.69, 9.17) is 9.52 Å². The molecule has 1 N–H and O–H groups in total. The zero-order chi connectivity index (χ0) is 12.3. The highest BCUT2D eigenvalue weighted by Gasteiger charge is 2.22. The van der Waals surface area contributed by atoms with Crippen LogP contribution in [0.2, 0.25) is 0 Å². The number of aliphatic carboxylic acids is 1. The SMILES string of the molecule is Cc1ccc(C(CC(=O)O)c2cccnn2)o1. The Hall–Kier alpha value is -2.17. The van der Waals surface area contributed by atoms with Gasteiger partial charge < -0.3 is 9.52 Å². The fourth-order valence-electron chi connectivity index (χ4n) is 1.67. The highest BCUT2D eigenvalue weighted by atomic mass is 16.4. The van der Waals surface area contributed by atoms with E-state index >= 15 is 0 Å². The van der Waals surface area contributed by atoms with Crippen LogP contribution in [-0.2, 0) is 4.79 Å². The van der Waals surface area contributed by atoms with Crippen molar-refractivity contribution >= 4 is 5.97 Å². The molecule has 5 heteroatoms. The maximum atomic E-state index is 10.9. The minimum absolute atomic E-state index is 0.0638. The number of nitrogens with zero attached hydrogens (tertiary/aromatic N) is 2. The summed E-state index contributed by atoms with van der Waals surface area (Å²) < 4.78 is 5.47. The summed E-state index contributed by atoms with van der Waals surface area (Å²) in [5.41, 5.74) is 0.601. The quantitative estimate of drug-likeness (QED) is 0.872. The third-order valence-electron chi connectivity index (χ3n) is 2.43. The smallest absolute Gasteiger partial charge is 0.304 e. The summed E-state index contributed by atoms with van der Waals surface area (Å²) in [6.07, 6.45) is 1.49. The second-order valence-electron chi connectivity index (χ2n) is 3.75. The van der Waals surface area contributed by atoms with Crippen molar-refractivity contribution in [2.75, 3.05) is 0 Å². The van der Waals surface area contributed by atoms with Gasteiger partial charge in [-0.3, -0.25) is 4.79 Å². The first-order valence-corrected chi connectivity index (χ1v) is 5.22. The van der Waals surface area contributed by atoms with Gasteiger partial charge in [0, 0.05) is 6.20 Å². The molecule has 0 aliphatic rings. The molecule has 2 heterocycles. The van der Waals surface area contributed by atoms with Crippen LogP contribution in [0, 0.1) is 6.92 Å². The molecule has 2 aromatic heterocycles. The van der Waals surface area contributed by atoms with Crippen LogP contribution >= 0.6 is 0 Å². The fourth-order valence-corrected chi connectivity index (χ4v) is 1.67. The third kappa shape index (κ3) is 2.69. The van der Waals surface area contributed by atoms with Gasteiger partial charge in [0.2, 0.25) is 0 Å². The Morgan fingerprint density at radius 3 is 2.82 bits per heavy atom. The summed E-state index contributed by atoms with van der Waals surface area (Å²) in [5.74, 6) is 0.0642. The zero-order valence-corrected chi connectivity index (χ0v) is 9.33. The predicted molar refractivity (Wildman–Crippen MR) is 59.6 cm³/mol. The van der Waals surface area contributed by atoms with Crippen LogP contribution in [0.1, 0.15) is 29.6 Å². The largest absolute Gasteiger partial charge is 0.481 e. The highest BCUT2D eigenvalue weighted by molar-refractivity contribution is 5.68. The summed E-state index contributed by atoms with van der Waals surface area (Å²) in [6, 6.07) is 7.06. The van der Waals surface area contributed by atoms with Gasteiger partial charge in [-0.25, -0.2) is 0 Å². The molecule has 0 aromatic carbocycles. The van der Waals surface area contributed by atoms with Crippen molar-refractivity contribution in [3.05, 3.63) is 47.7 Å². The van der Waals surface area contributed by atoms with Crippen LogP contribution < -0.4 is 0 Å². The Morgan fingerprint density at radius 2 is 2.29 bits per heavy atom. The average Bonchev–Trinajstić information content (AvgIpc) is 2.73. The summed E-state index contributed by atoms with van der Waals surface area (Å²) >= 11 is 0. The minimum atomic E-state index is -0.894. The molecule has 88 valence electrons. The van der Waals surface area contributed by atoms with E-state index in [0.717, 1.165) is 5.76 Å². The minimum Gasteiger partial charge on any atom is -0.481 e. The second-order valence-corrected chi connectivity index (χ2v) is 3.75. The Balaban J connectivity index is 2.35. The summed E-state index contributed by atoms with van der Waals surface area (Å²) in [4.78, 5) is 10.9. The van der Waals surface area contributed by atoms with Gasteiger partial charge in [0.1, 0.15) is 11.5 Å². The molecule has 0 saturated heterocycles. The standard InChI is InChI=1S/C12H12N2O3/c1-8-4-5-11(17-8)9(7-12(15)16)10-3-2-6-13-14-10/h2-6,9H,7H2,1H3,(H,15,16). The lowest BCUT2D eigenvalue weighted by Crippen LogP contribution is -2.09. The molecule has 2 rings (SSSR count). The number of aryl methyl sites for hydroxylation is 1. The molecule has 1 unspecified atom stereocenters. The number of carboxylic acid groups (broad SMARTS) is 1. The maximum Gasteiger partial charge on any atom is 0.304 e. The van der Waals surface area contributed by atoms with Gasteiger partial charge in [0.25, 0.3) is 0 Å². The van der Waals surface area contributed by atoms with Gasteiger partial charge in [0.15, 0.2) is 0 Å². The van der Waals surface area contributed by atoms with Crippen LogP contribution in [0.25, 0.3) is 0 Å². The molecule has 0 saturated carbocycles. The van der Waals surface area contributed by atoms with Crippen LogP contribution in [0.15, 0.2) is 34.9 Å². The van der Waals surface area contributed by atoms with Crippen molar-refractivity contribution in [2.24, 2.45) is 0 Å². The molecule has 0 aliphatic carbocycles. The molecular formula is C12H12N2O3. The van der Waals surface area contributed by atoms with Gasteiger partial charge in [0.05, 0.1) is 18.0 Å². The molecule has 0 spiro atoms. The van der Waals surface area contributed by atoms with E-state index in [1.807, 2.05) is 6.92 Å². The number of aromatic nitrogens is 2. The average molecular weight is 232 g/mol. The topological polar surface area (TPSA) is 76.2 Å². The third-order valence-corrected chi connectivity index (χ3v) is 2.43. The Morgan fingerprint density at radius 1 is 1.47 bits per heavy atom. The summed E-state index contributed by atoms with van der Waals surface area (Å²) in [6.45, 7) is 1.82. The summed E-state index contributed by atoms with van der Waals surface area (Å²) in [5, 5.41) is 16.6. The number of carbonyl (C=O) groups is 1. The molecule has 2 aromatic rings. The maximum absolute atomic E-state index is 10.9. The normalized spacial score (nSPS) is 12.3. The first-order valence-electron chi connectivity index (χ1n) is 5.22. The summed E-state index contributed by atoms with van der Waals surface area (Å²) in [7, 11) is 0. The fraction of sp³-hybridized carbons (Fsp3) is 0.250. The van der Waals surface area contributed by atoms with Crippen LogP contribution in [0.5, 0.6) is 0 Å². The first kappa shape index (κ1) is 11.3. The van der Waals surface area contributed by atoms with E-state index in [1.54, 1.807) is 30.5 Å². The van der Waals surface area contributed by atoms with Gasteiger partial charge in [-0.15, -0.1) is 0 Å². The van der Waals surface area contributed by atoms with E-state index in [0.29, 0.717) is 11.5 Å². The van der Waals surface area contributed by atoms with E-state index in [-0.39, 0.29) is 6.42 Å². The number of furan rings is 1. The Kier molecular flexibility index (Phi) is 3.18. The molecule has 0 aliphatic heterocycles. The van der Waals surface area contributed by atoms with Crippen molar-refractivity contribution in [1.29, 1.82) is 0 Å². The van der Waals surface area contributed by atoms with Crippen molar-refractivity contribution in [3.63, 3.8) is 0 Å². The second kappa shape index (κ2) is 4.78. The van der Waals surface area contributed by atoms with Crippen molar-refractivity contribution in [2.45, 2.75) is 19.3 Å². The molecule has 0 amide bonds. The molecule has 1 atom stereocenters. The molecule has 17 heavy (non-hydrogen) atoms. The molecule has 5 nitrogen and oxygen atoms in total. The van der Waals surface area contributed by atoms with E-state index < -0.39 is 11.9 Å². The van der Waals surface area contributed by atoms with E-state index in [2.05, 4.69) is 10.2 Å². The van der Waals surface area contributed by atoms with Crippen molar-refractivity contribution < 1.29 is 14.3 Å². The van der Waals surface area contributed by atoms with Gasteiger partial charge in [-0.2, -0.15) is 10.2 Å². The van der Waals surface area contributed by atoms with Gasteiger partial charge in [-0.05, 0) is 31.2 Å². The van der Waals surface area contributed by atoms with Gasteiger partial charge in [-0.1, -0.05) is 0 Å². The van der Waals surface area contributed by atoms with E-state index in [1.165, 1.54) is 0 Å². The van der Waals surface area contributed by atoms with Crippen molar-refractivity contribution in [3.8, 4) is 0 Å². The van der Waals surface area contributed by atoms with E-state index in [9.17, 15) is 4.79 Å².